The minimum Gasteiger partial charge on any atom is -0.632 e. The van der Waals surface area contributed by atoms with Gasteiger partial charge in [0.1, 0.15) is 18.2 Å². The Morgan fingerprint density at radius 3 is 2.83 bits per heavy atom. The lowest BCUT2D eigenvalue weighted by Crippen LogP contribution is -2.56. The zero-order valence-corrected chi connectivity index (χ0v) is 18.2. The molecule has 0 bridgehead atoms. The average Bonchev–Trinajstić information content (AvgIpc) is 3.00. The number of hydroxylamine groups is 3. The Morgan fingerprint density at radius 2 is 2.07 bits per heavy atom. The molecular weight excluding hydrogens is 380 g/mol. The van der Waals surface area contributed by atoms with Crippen molar-refractivity contribution in [2.75, 3.05) is 19.7 Å². The summed E-state index contributed by atoms with van der Waals surface area (Å²) in [5.74, 6) is 1.27. The predicted octanol–water partition coefficient (Wildman–Crippen LogP) is 5.05. The van der Waals surface area contributed by atoms with Gasteiger partial charge in [-0.2, -0.15) is 0 Å². The third-order valence-corrected chi connectivity index (χ3v) is 6.90. The van der Waals surface area contributed by atoms with E-state index in [9.17, 15) is 10.0 Å². The Bertz CT molecular complexity index is 1060. The van der Waals surface area contributed by atoms with Gasteiger partial charge in [0.05, 0.1) is 30.1 Å². The SMILES string of the molecule is CC1=C2C[N+]3([O-])CCc4c(n(C(=O)OC(C)(C)C)c5ccccc45)[C@@H]3C[C@@H]2CCO1. The topological polar surface area (TPSA) is 63.5 Å². The van der Waals surface area contributed by atoms with Crippen LogP contribution in [0.25, 0.3) is 10.9 Å². The maximum absolute atomic E-state index is 14.1. The number of para-hydroxylation sites is 1. The maximum atomic E-state index is 14.1. The summed E-state index contributed by atoms with van der Waals surface area (Å²) in [5.41, 5.74) is 3.43. The molecule has 0 amide bonds. The lowest BCUT2D eigenvalue weighted by Gasteiger charge is -2.56. The molecule has 3 aliphatic rings. The Morgan fingerprint density at radius 1 is 1.30 bits per heavy atom. The van der Waals surface area contributed by atoms with E-state index in [-0.39, 0.29) is 10.7 Å². The summed E-state index contributed by atoms with van der Waals surface area (Å²) in [6, 6.07) is 7.71. The number of benzene rings is 1. The molecule has 0 aliphatic carbocycles. The molecule has 1 aromatic heterocycles. The predicted molar refractivity (Wildman–Crippen MR) is 115 cm³/mol. The maximum Gasteiger partial charge on any atom is 0.419 e. The molecule has 1 saturated heterocycles. The van der Waals surface area contributed by atoms with Gasteiger partial charge in [-0.1, -0.05) is 18.2 Å². The number of hydrogen-bond acceptors (Lipinski definition) is 4. The molecule has 3 atom stereocenters. The fraction of sp³-hybridized carbons (Fsp3) is 0.542. The van der Waals surface area contributed by atoms with E-state index in [4.69, 9.17) is 9.47 Å². The summed E-state index contributed by atoms with van der Waals surface area (Å²) < 4.78 is 12.9. The third kappa shape index (κ3) is 2.96. The molecule has 0 radical (unpaired) electrons. The van der Waals surface area contributed by atoms with Crippen molar-refractivity contribution < 1.29 is 18.9 Å². The number of carbonyl (C=O) groups is 1. The minimum absolute atomic E-state index is 0.256. The van der Waals surface area contributed by atoms with Crippen LogP contribution in [0.1, 0.15) is 57.8 Å². The zero-order chi connectivity index (χ0) is 21.3. The van der Waals surface area contributed by atoms with Gasteiger partial charge in [0, 0.05) is 23.8 Å². The van der Waals surface area contributed by atoms with Gasteiger partial charge in [0.2, 0.25) is 0 Å². The summed E-state index contributed by atoms with van der Waals surface area (Å²) >= 11 is 0. The first-order valence-electron chi connectivity index (χ1n) is 10.9. The van der Waals surface area contributed by atoms with Crippen molar-refractivity contribution in [2.24, 2.45) is 5.92 Å². The molecule has 0 N–H and O–H groups in total. The van der Waals surface area contributed by atoms with Crippen molar-refractivity contribution in [3.63, 3.8) is 0 Å². The fourth-order valence-corrected chi connectivity index (χ4v) is 5.58. The highest BCUT2D eigenvalue weighted by Gasteiger charge is 2.48. The van der Waals surface area contributed by atoms with Crippen LogP contribution in [0.15, 0.2) is 35.6 Å². The van der Waals surface area contributed by atoms with Gasteiger partial charge in [0.25, 0.3) is 0 Å². The number of fused-ring (bicyclic) bond motifs is 6. The van der Waals surface area contributed by atoms with Crippen LogP contribution < -0.4 is 0 Å². The number of quaternary nitrogens is 1. The molecule has 1 aromatic carbocycles. The van der Waals surface area contributed by atoms with Crippen molar-refractivity contribution in [1.82, 2.24) is 4.57 Å². The van der Waals surface area contributed by atoms with Crippen molar-refractivity contribution in [3.05, 3.63) is 52.1 Å². The second-order valence-corrected chi connectivity index (χ2v) is 9.95. The van der Waals surface area contributed by atoms with Gasteiger partial charge in [0.15, 0.2) is 0 Å². The highest BCUT2D eigenvalue weighted by atomic mass is 16.6. The smallest absolute Gasteiger partial charge is 0.419 e. The Balaban J connectivity index is 1.68. The van der Waals surface area contributed by atoms with E-state index in [1.165, 1.54) is 5.57 Å². The Hall–Kier alpha value is -2.31. The molecule has 30 heavy (non-hydrogen) atoms. The molecule has 0 saturated carbocycles. The summed E-state index contributed by atoms with van der Waals surface area (Å²) in [6.45, 7) is 9.30. The van der Waals surface area contributed by atoms with Crippen LogP contribution in [0, 0.1) is 11.1 Å². The number of piperidine rings is 1. The van der Waals surface area contributed by atoms with Crippen LogP contribution in [0.5, 0.6) is 0 Å². The second-order valence-electron chi connectivity index (χ2n) is 9.95. The van der Waals surface area contributed by atoms with Crippen LogP contribution in [0.3, 0.4) is 0 Å². The van der Waals surface area contributed by atoms with Crippen molar-refractivity contribution in [3.8, 4) is 0 Å². The lowest BCUT2D eigenvalue weighted by molar-refractivity contribution is -0.914. The van der Waals surface area contributed by atoms with Gasteiger partial charge in [-0.15, -0.1) is 0 Å². The van der Waals surface area contributed by atoms with E-state index in [1.807, 2.05) is 45.9 Å². The zero-order valence-electron chi connectivity index (χ0n) is 18.2. The minimum atomic E-state index is -0.603. The number of nitrogens with zero attached hydrogens (tertiary/aromatic N) is 2. The van der Waals surface area contributed by atoms with E-state index < -0.39 is 11.7 Å². The van der Waals surface area contributed by atoms with Crippen LogP contribution in [-0.4, -0.2) is 40.6 Å². The highest BCUT2D eigenvalue weighted by molar-refractivity contribution is 5.94. The van der Waals surface area contributed by atoms with E-state index in [0.29, 0.717) is 32.0 Å². The van der Waals surface area contributed by atoms with Crippen molar-refractivity contribution >= 4 is 17.0 Å². The lowest BCUT2D eigenvalue weighted by atomic mass is 9.78. The number of allylic oxidation sites excluding steroid dienone is 1. The summed E-state index contributed by atoms with van der Waals surface area (Å²) in [4.78, 5) is 13.3. The van der Waals surface area contributed by atoms with E-state index >= 15 is 0 Å². The molecule has 3 aliphatic heterocycles. The normalized spacial score (nSPS) is 28.4. The molecule has 6 heteroatoms. The molecule has 2 aromatic rings. The van der Waals surface area contributed by atoms with Gasteiger partial charge in [-0.3, -0.25) is 0 Å². The first-order chi connectivity index (χ1) is 14.2. The van der Waals surface area contributed by atoms with Gasteiger partial charge < -0.3 is 19.3 Å². The number of rotatable bonds is 0. The summed E-state index contributed by atoms with van der Waals surface area (Å²) in [6.07, 6.45) is 1.97. The van der Waals surface area contributed by atoms with Gasteiger partial charge in [-0.25, -0.2) is 9.36 Å². The first kappa shape index (κ1) is 19.6. The third-order valence-electron chi connectivity index (χ3n) is 6.90. The highest BCUT2D eigenvalue weighted by Crippen LogP contribution is 2.50. The quantitative estimate of drug-likeness (QED) is 0.450. The number of hydrogen-bond donors (Lipinski definition) is 0. The molecule has 1 fully saturated rings. The summed E-state index contributed by atoms with van der Waals surface area (Å²) in [7, 11) is 0. The van der Waals surface area contributed by atoms with Crippen molar-refractivity contribution in [1.29, 1.82) is 0 Å². The average molecular weight is 411 g/mol. The fourth-order valence-electron chi connectivity index (χ4n) is 5.58. The molecule has 5 rings (SSSR count). The molecule has 6 nitrogen and oxygen atoms in total. The van der Waals surface area contributed by atoms with Crippen LogP contribution >= 0.6 is 0 Å². The summed E-state index contributed by atoms with van der Waals surface area (Å²) in [5, 5.41) is 15.2. The largest absolute Gasteiger partial charge is 0.632 e. The molecule has 4 heterocycles. The number of aromatic nitrogens is 1. The molecule has 1 unspecified atom stereocenters. The van der Waals surface area contributed by atoms with Crippen LogP contribution in [0.2, 0.25) is 0 Å². The Kier molecular flexibility index (Phi) is 4.32. The van der Waals surface area contributed by atoms with Gasteiger partial charge in [-0.05, 0) is 51.7 Å². The standard InChI is InChI=1S/C24H30N2O4/c1-15-19-14-26(28)11-9-18-17-7-5-6-8-20(17)25(23(27)30-24(2,3)4)22(18)21(26)13-16(19)10-12-29-15/h5-8,16,21H,9-14H2,1-4H3/t16-,21-,26?/m0/s1. The molecule has 160 valence electrons. The van der Waals surface area contributed by atoms with E-state index in [0.717, 1.165) is 40.8 Å². The molecular formula is C24H30N2O4. The number of ether oxygens (including phenoxy) is 2. The van der Waals surface area contributed by atoms with Crippen LogP contribution in [0.4, 0.5) is 4.79 Å². The number of carbonyl (C=O) groups excluding carboxylic acids is 1. The monoisotopic (exact) mass is 410 g/mol. The van der Waals surface area contributed by atoms with E-state index in [1.54, 1.807) is 4.57 Å². The van der Waals surface area contributed by atoms with Crippen LogP contribution in [-0.2, 0) is 15.9 Å². The first-order valence-corrected chi connectivity index (χ1v) is 10.9. The van der Waals surface area contributed by atoms with Crippen molar-refractivity contribution in [2.45, 2.75) is 58.6 Å². The Labute approximate surface area is 177 Å². The van der Waals surface area contributed by atoms with E-state index in [2.05, 4.69) is 6.07 Å². The molecule has 0 spiro atoms. The second kappa shape index (κ2) is 6.59. The van der Waals surface area contributed by atoms with Gasteiger partial charge >= 0.3 is 6.09 Å².